The number of nitrogens with two attached hydrogens (primary N) is 1. The molecule has 0 bridgehead atoms. The quantitative estimate of drug-likeness (QED) is 0.0368. The summed E-state index contributed by atoms with van der Waals surface area (Å²) in [5.41, 5.74) is 12.4. The molecule has 2 aromatic carbocycles. The smallest absolute Gasteiger partial charge is 0.410 e. The standard InChI is InChI=1S/C54H66N14O7/c1-35(2)48(64-46(69)19-7-6-10-28-66-29-13-20-47(66)70)52(72)61-42(17-12-27-56-53(55)73)51(71)60-40-24-21-37(22-25-40)33-75-54(74)67(30-38-15-8-9-18-43(38)65(4)5)32-44-62-49(39-23-26-45-57-34-58-68(45)31-39)50(63-44)41-16-11-14-36(3)59-41/h8-9,11,13-16,18,20-26,31,34-35,42,48H,6-7,10,12,17,19,27-30,32-33H2,1-5H3,(H,60,71)(H,61,72)(H,62,63)(H,64,69)(H3,55,56,73). The molecule has 0 saturated heterocycles. The lowest BCUT2D eigenvalue weighted by Gasteiger charge is -2.25. The highest BCUT2D eigenvalue weighted by molar-refractivity contribution is 5.98. The first-order chi connectivity index (χ1) is 36.1. The van der Waals surface area contributed by atoms with Gasteiger partial charge in [0.2, 0.25) is 23.6 Å². The molecule has 1 aliphatic rings. The molecule has 0 spiro atoms. The van der Waals surface area contributed by atoms with E-state index < -0.39 is 36.0 Å². The number of unbranched alkanes of at least 4 members (excludes halogenated alkanes) is 2. The van der Waals surface area contributed by atoms with E-state index in [9.17, 15) is 28.8 Å². The van der Waals surface area contributed by atoms with Gasteiger partial charge in [0.05, 0.1) is 24.5 Å². The molecular formula is C54H66N14O7. The summed E-state index contributed by atoms with van der Waals surface area (Å²) < 4.78 is 7.65. The van der Waals surface area contributed by atoms with Gasteiger partial charge in [-0.25, -0.2) is 24.1 Å². The summed E-state index contributed by atoms with van der Waals surface area (Å²) >= 11 is 0. The monoisotopic (exact) mass is 1020 g/mol. The highest BCUT2D eigenvalue weighted by Crippen LogP contribution is 2.31. The number of hydrogen-bond donors (Lipinski definition) is 6. The fourth-order valence-electron chi connectivity index (χ4n) is 8.60. The molecule has 394 valence electrons. The number of nitrogens with zero attached hydrogens (tertiary/aromatic N) is 8. The Balaban J connectivity index is 1.01. The van der Waals surface area contributed by atoms with Crippen LogP contribution in [-0.4, -0.2) is 121 Å². The Hall–Kier alpha value is -8.62. The molecule has 21 heteroatoms. The van der Waals surface area contributed by atoms with Gasteiger partial charge in [0, 0.05) is 75.1 Å². The van der Waals surface area contributed by atoms with Crippen LogP contribution in [0.5, 0.6) is 0 Å². The number of rotatable bonds is 25. The Morgan fingerprint density at radius 2 is 1.68 bits per heavy atom. The summed E-state index contributed by atoms with van der Waals surface area (Å²) in [7, 11) is 3.88. The van der Waals surface area contributed by atoms with Crippen molar-refractivity contribution in [3.8, 4) is 22.6 Å². The van der Waals surface area contributed by atoms with Crippen molar-refractivity contribution in [2.45, 2.75) is 91.1 Å². The molecule has 5 heterocycles. The van der Waals surface area contributed by atoms with E-state index in [0.29, 0.717) is 65.7 Å². The molecule has 21 nitrogen and oxygen atoms in total. The number of H-pyrrole nitrogens is 1. The Kier molecular flexibility index (Phi) is 18.7. The number of nitrogens with one attached hydrogen (secondary N) is 5. The fourth-order valence-corrected chi connectivity index (χ4v) is 8.60. The van der Waals surface area contributed by atoms with Crippen molar-refractivity contribution in [3.05, 3.63) is 126 Å². The van der Waals surface area contributed by atoms with Crippen molar-refractivity contribution in [1.82, 2.24) is 55.3 Å². The van der Waals surface area contributed by atoms with Crippen LogP contribution in [0.15, 0.2) is 104 Å². The zero-order valence-electron chi connectivity index (χ0n) is 43.0. The minimum absolute atomic E-state index is 0.00521. The summed E-state index contributed by atoms with van der Waals surface area (Å²) in [4.78, 5) is 101. The number of amides is 7. The van der Waals surface area contributed by atoms with Crippen LogP contribution in [0.1, 0.15) is 75.0 Å². The van der Waals surface area contributed by atoms with E-state index in [1.54, 1.807) is 58.5 Å². The van der Waals surface area contributed by atoms with E-state index in [1.807, 2.05) is 92.8 Å². The summed E-state index contributed by atoms with van der Waals surface area (Å²) in [5, 5.41) is 15.3. The predicted octanol–water partition coefficient (Wildman–Crippen LogP) is 5.87. The van der Waals surface area contributed by atoms with E-state index in [-0.39, 0.29) is 56.8 Å². The number of aryl methyl sites for hydroxylation is 1. The number of anilines is 2. The van der Waals surface area contributed by atoms with Gasteiger partial charge in [0.1, 0.15) is 36.5 Å². The van der Waals surface area contributed by atoms with Gasteiger partial charge in [0.25, 0.3) is 0 Å². The summed E-state index contributed by atoms with van der Waals surface area (Å²) in [6.45, 7) is 7.06. The van der Waals surface area contributed by atoms with Crippen molar-refractivity contribution < 1.29 is 33.5 Å². The van der Waals surface area contributed by atoms with Crippen LogP contribution in [0, 0.1) is 12.8 Å². The minimum Gasteiger partial charge on any atom is -0.445 e. The van der Waals surface area contributed by atoms with Gasteiger partial charge in [-0.1, -0.05) is 62.7 Å². The molecule has 0 saturated carbocycles. The van der Waals surface area contributed by atoms with E-state index in [4.69, 9.17) is 20.4 Å². The molecule has 2 atom stereocenters. The third kappa shape index (κ3) is 15.2. The molecule has 7 rings (SSSR count). The number of primary amides is 1. The largest absolute Gasteiger partial charge is 0.445 e. The van der Waals surface area contributed by atoms with Crippen molar-refractivity contribution in [3.63, 3.8) is 0 Å². The zero-order valence-corrected chi connectivity index (χ0v) is 43.0. The number of fused-ring (bicyclic) bond motifs is 1. The molecule has 6 aromatic rings. The molecule has 7 amide bonds. The fraction of sp³-hybridized carbons (Fsp3) is 0.370. The maximum Gasteiger partial charge on any atom is 0.410 e. The zero-order chi connectivity index (χ0) is 53.4. The predicted molar refractivity (Wildman–Crippen MR) is 284 cm³/mol. The number of hydrogen-bond acceptors (Lipinski definition) is 12. The van der Waals surface area contributed by atoms with Crippen LogP contribution >= 0.6 is 0 Å². The number of aromatic amines is 1. The number of aromatic nitrogens is 6. The number of imidazole rings is 1. The van der Waals surface area contributed by atoms with Crippen LogP contribution in [0.2, 0.25) is 0 Å². The average Bonchev–Trinajstić information content (AvgIpc) is 4.15. The summed E-state index contributed by atoms with van der Waals surface area (Å²) in [6, 6.07) is 21.4. The van der Waals surface area contributed by atoms with Gasteiger partial charge >= 0.3 is 12.1 Å². The van der Waals surface area contributed by atoms with Crippen LogP contribution < -0.4 is 31.9 Å². The highest BCUT2D eigenvalue weighted by atomic mass is 16.6. The van der Waals surface area contributed by atoms with Crippen molar-refractivity contribution in [2.75, 3.05) is 43.9 Å². The second-order valence-electron chi connectivity index (χ2n) is 19.0. The van der Waals surface area contributed by atoms with Crippen LogP contribution in [0.3, 0.4) is 0 Å². The van der Waals surface area contributed by atoms with Gasteiger partial charge in [-0.3, -0.25) is 29.1 Å². The second-order valence-corrected chi connectivity index (χ2v) is 19.0. The number of urea groups is 1. The van der Waals surface area contributed by atoms with Crippen molar-refractivity contribution in [1.29, 1.82) is 0 Å². The van der Waals surface area contributed by atoms with Gasteiger partial charge in [-0.15, -0.1) is 0 Å². The van der Waals surface area contributed by atoms with Crippen LogP contribution in [0.4, 0.5) is 21.0 Å². The summed E-state index contributed by atoms with van der Waals surface area (Å²) in [6.07, 6.45) is 8.88. The minimum atomic E-state index is -1.04. The number of ether oxygens (including phenoxy) is 1. The maximum atomic E-state index is 14.3. The van der Waals surface area contributed by atoms with Gasteiger partial charge in [-0.2, -0.15) is 5.10 Å². The van der Waals surface area contributed by atoms with Crippen molar-refractivity contribution >= 4 is 52.8 Å². The van der Waals surface area contributed by atoms with Crippen molar-refractivity contribution in [2.24, 2.45) is 11.7 Å². The Morgan fingerprint density at radius 3 is 2.41 bits per heavy atom. The average molecular weight is 1020 g/mol. The maximum absolute atomic E-state index is 14.3. The van der Waals surface area contributed by atoms with Gasteiger partial charge in [0.15, 0.2) is 5.65 Å². The second kappa shape index (κ2) is 25.9. The molecule has 1 aliphatic heterocycles. The Morgan fingerprint density at radius 1 is 0.880 bits per heavy atom. The van der Waals surface area contributed by atoms with E-state index >= 15 is 0 Å². The molecule has 4 aromatic heterocycles. The number of carbonyl (C=O) groups excluding carboxylic acids is 6. The first-order valence-corrected chi connectivity index (χ1v) is 25.1. The molecule has 2 unspecified atom stereocenters. The van der Waals surface area contributed by atoms with Gasteiger partial charge in [-0.05, 0) is 92.1 Å². The van der Waals surface area contributed by atoms with E-state index in [0.717, 1.165) is 35.3 Å². The lowest BCUT2D eigenvalue weighted by atomic mass is 10.0. The van der Waals surface area contributed by atoms with E-state index in [1.165, 1.54) is 6.33 Å². The Labute approximate surface area is 435 Å². The van der Waals surface area contributed by atoms with E-state index in [2.05, 4.69) is 36.3 Å². The third-order valence-electron chi connectivity index (χ3n) is 12.6. The highest BCUT2D eigenvalue weighted by Gasteiger charge is 2.29. The molecule has 0 radical (unpaired) electrons. The summed E-state index contributed by atoms with van der Waals surface area (Å²) in [5.74, 6) is -1.15. The number of para-hydroxylation sites is 1. The molecule has 7 N–H and O–H groups in total. The molecule has 0 aliphatic carbocycles. The lowest BCUT2D eigenvalue weighted by molar-refractivity contribution is -0.132. The topological polar surface area (TPSA) is 267 Å². The van der Waals surface area contributed by atoms with Crippen LogP contribution in [0.25, 0.3) is 28.3 Å². The molecule has 0 fully saturated rings. The number of carbonyl (C=O) groups is 6. The molecular weight excluding hydrogens is 957 g/mol. The number of benzene rings is 2. The number of pyridine rings is 2. The third-order valence-corrected chi connectivity index (χ3v) is 12.6. The van der Waals surface area contributed by atoms with Gasteiger partial charge < -0.3 is 46.5 Å². The first-order valence-electron chi connectivity index (χ1n) is 25.1. The lowest BCUT2D eigenvalue weighted by Crippen LogP contribution is -2.54. The Bertz CT molecular complexity index is 2990. The first kappa shape index (κ1) is 54.2. The SMILES string of the molecule is Cc1cccc(-c2nc(CN(Cc3ccccc3N(C)C)C(=O)OCc3ccc(NC(=O)C(CCCNC(N)=O)NC(=O)C(NC(=O)CCCCCN4CC=CC4=O)C(C)C)cc3)[nH]c2-c2ccc3ncnn3c2)n1. The molecule has 75 heavy (non-hydrogen) atoms. The normalized spacial score (nSPS) is 12.9. The van der Waals surface area contributed by atoms with Crippen LogP contribution in [-0.2, 0) is 43.6 Å².